The van der Waals surface area contributed by atoms with Gasteiger partial charge in [0.05, 0.1) is 7.11 Å². The Morgan fingerprint density at radius 2 is 2.11 bits per heavy atom. The summed E-state index contributed by atoms with van der Waals surface area (Å²) < 4.78 is 5.31. The fourth-order valence-electron chi connectivity index (χ4n) is 2.24. The second kappa shape index (κ2) is 5.89. The molecule has 0 radical (unpaired) electrons. The van der Waals surface area contributed by atoms with E-state index in [0.717, 1.165) is 28.9 Å². The van der Waals surface area contributed by atoms with Gasteiger partial charge in [0.15, 0.2) is 0 Å². The summed E-state index contributed by atoms with van der Waals surface area (Å²) in [4.78, 5) is 6.76. The van der Waals surface area contributed by atoms with Crippen molar-refractivity contribution in [2.45, 2.75) is 19.9 Å². The Hall–Kier alpha value is -1.81. The van der Waals surface area contributed by atoms with E-state index in [-0.39, 0.29) is 0 Å². The molecule has 19 heavy (non-hydrogen) atoms. The normalized spacial score (nSPS) is 11.0. The quantitative estimate of drug-likeness (QED) is 0.896. The summed E-state index contributed by atoms with van der Waals surface area (Å²) in [5.41, 5.74) is 5.71. The molecule has 0 amide bonds. The Labute approximate surface area is 114 Å². The average Bonchev–Trinajstić information content (AvgIpc) is 2.43. The number of hydrogen-bond acceptors (Lipinski definition) is 4. The molecule has 0 unspecified atom stereocenters. The molecule has 0 aliphatic heterocycles. The summed E-state index contributed by atoms with van der Waals surface area (Å²) in [6.45, 7) is 5.70. The molecule has 0 saturated heterocycles. The summed E-state index contributed by atoms with van der Waals surface area (Å²) in [6.07, 6.45) is 1.84. The molecule has 0 fully saturated rings. The minimum atomic E-state index is 0.354. The summed E-state index contributed by atoms with van der Waals surface area (Å²) in [5.74, 6) is 1.81. The fourth-order valence-corrected chi connectivity index (χ4v) is 2.24. The second-order valence-corrected chi connectivity index (χ2v) is 4.80. The van der Waals surface area contributed by atoms with Crippen LogP contribution < -0.4 is 15.4 Å². The van der Waals surface area contributed by atoms with Gasteiger partial charge in [-0.3, -0.25) is 0 Å². The van der Waals surface area contributed by atoms with Crippen molar-refractivity contribution in [2.24, 2.45) is 5.73 Å². The van der Waals surface area contributed by atoms with E-state index in [1.165, 1.54) is 0 Å². The lowest BCUT2D eigenvalue weighted by Crippen LogP contribution is -2.36. The Morgan fingerprint density at radius 1 is 1.32 bits per heavy atom. The van der Waals surface area contributed by atoms with Crippen molar-refractivity contribution < 1.29 is 4.74 Å². The molecule has 0 aliphatic carbocycles. The molecule has 0 saturated carbocycles. The van der Waals surface area contributed by atoms with Gasteiger partial charge in [-0.1, -0.05) is 6.07 Å². The van der Waals surface area contributed by atoms with Crippen molar-refractivity contribution in [3.05, 3.63) is 30.5 Å². The molecular weight excluding hydrogens is 238 g/mol. The van der Waals surface area contributed by atoms with E-state index in [1.807, 2.05) is 24.4 Å². The van der Waals surface area contributed by atoms with Crippen LogP contribution in [0.25, 0.3) is 10.8 Å². The zero-order valence-corrected chi connectivity index (χ0v) is 11.8. The van der Waals surface area contributed by atoms with Gasteiger partial charge >= 0.3 is 0 Å². The number of hydrogen-bond donors (Lipinski definition) is 1. The number of aromatic nitrogens is 1. The van der Waals surface area contributed by atoms with Gasteiger partial charge in [0.1, 0.15) is 11.6 Å². The zero-order chi connectivity index (χ0) is 13.8. The third kappa shape index (κ3) is 2.79. The lowest BCUT2D eigenvalue weighted by atomic mass is 10.1. The third-order valence-electron chi connectivity index (χ3n) is 3.22. The largest absolute Gasteiger partial charge is 0.497 e. The highest BCUT2D eigenvalue weighted by molar-refractivity contribution is 5.93. The van der Waals surface area contributed by atoms with Crippen LogP contribution in [0, 0.1) is 0 Å². The molecule has 2 aromatic rings. The number of benzene rings is 1. The monoisotopic (exact) mass is 259 g/mol. The van der Waals surface area contributed by atoms with Crippen molar-refractivity contribution >= 4 is 16.6 Å². The number of pyridine rings is 1. The zero-order valence-electron chi connectivity index (χ0n) is 11.8. The van der Waals surface area contributed by atoms with Crippen LogP contribution in [0.2, 0.25) is 0 Å². The summed E-state index contributed by atoms with van der Waals surface area (Å²) in [6, 6.07) is 8.42. The van der Waals surface area contributed by atoms with E-state index in [9.17, 15) is 0 Å². The standard InChI is InChI=1S/C15H21N3O/c1-11(2)18(9-7-16)15-14-10-13(19-3)5-4-12(14)6-8-17-15/h4-6,8,10-11H,7,9,16H2,1-3H3. The van der Waals surface area contributed by atoms with Gasteiger partial charge < -0.3 is 15.4 Å². The Bertz CT molecular complexity index is 554. The molecule has 102 valence electrons. The maximum Gasteiger partial charge on any atom is 0.136 e. The first-order chi connectivity index (χ1) is 9.17. The molecule has 0 bridgehead atoms. The predicted octanol–water partition coefficient (Wildman–Crippen LogP) is 2.42. The van der Waals surface area contributed by atoms with Crippen molar-refractivity contribution in [1.82, 2.24) is 4.98 Å². The molecule has 1 heterocycles. The van der Waals surface area contributed by atoms with E-state index in [1.54, 1.807) is 7.11 Å². The SMILES string of the molecule is COc1ccc2ccnc(N(CCN)C(C)C)c2c1. The van der Waals surface area contributed by atoms with Crippen LogP contribution >= 0.6 is 0 Å². The van der Waals surface area contributed by atoms with Crippen LogP contribution in [0.15, 0.2) is 30.5 Å². The third-order valence-corrected chi connectivity index (χ3v) is 3.22. The first-order valence-electron chi connectivity index (χ1n) is 6.57. The smallest absolute Gasteiger partial charge is 0.136 e. The average molecular weight is 259 g/mol. The van der Waals surface area contributed by atoms with Gasteiger partial charge in [-0.25, -0.2) is 4.98 Å². The first kappa shape index (κ1) is 13.6. The highest BCUT2D eigenvalue weighted by atomic mass is 16.5. The molecule has 1 aromatic heterocycles. The van der Waals surface area contributed by atoms with E-state index in [2.05, 4.69) is 29.8 Å². The van der Waals surface area contributed by atoms with Gasteiger partial charge in [-0.05, 0) is 37.4 Å². The lowest BCUT2D eigenvalue weighted by molar-refractivity contribution is 0.415. The van der Waals surface area contributed by atoms with Gasteiger partial charge in [0, 0.05) is 30.7 Å². The number of fused-ring (bicyclic) bond motifs is 1. The molecule has 4 nitrogen and oxygen atoms in total. The number of anilines is 1. The van der Waals surface area contributed by atoms with Crippen molar-refractivity contribution in [3.8, 4) is 5.75 Å². The van der Waals surface area contributed by atoms with Gasteiger partial charge in [-0.15, -0.1) is 0 Å². The first-order valence-corrected chi connectivity index (χ1v) is 6.57. The molecule has 4 heteroatoms. The summed E-state index contributed by atoms with van der Waals surface area (Å²) >= 11 is 0. The molecule has 0 aliphatic rings. The molecular formula is C15H21N3O. The van der Waals surface area contributed by atoms with Gasteiger partial charge in [0.2, 0.25) is 0 Å². The maximum absolute atomic E-state index is 5.71. The molecule has 2 rings (SSSR count). The van der Waals surface area contributed by atoms with Gasteiger partial charge in [0.25, 0.3) is 0 Å². The molecule has 0 spiro atoms. The van der Waals surface area contributed by atoms with Crippen LogP contribution in [-0.2, 0) is 0 Å². The van der Waals surface area contributed by atoms with E-state index in [4.69, 9.17) is 10.5 Å². The van der Waals surface area contributed by atoms with Crippen molar-refractivity contribution in [2.75, 3.05) is 25.1 Å². The molecule has 0 atom stereocenters. The van der Waals surface area contributed by atoms with Crippen molar-refractivity contribution in [1.29, 1.82) is 0 Å². The van der Waals surface area contributed by atoms with E-state index in [0.29, 0.717) is 12.6 Å². The van der Waals surface area contributed by atoms with E-state index < -0.39 is 0 Å². The molecule has 2 N–H and O–H groups in total. The van der Waals surface area contributed by atoms with Crippen LogP contribution in [0.3, 0.4) is 0 Å². The van der Waals surface area contributed by atoms with Crippen LogP contribution in [0.4, 0.5) is 5.82 Å². The van der Waals surface area contributed by atoms with Crippen LogP contribution in [0.1, 0.15) is 13.8 Å². The Kier molecular flexibility index (Phi) is 4.22. The minimum absolute atomic E-state index is 0.354. The number of nitrogens with zero attached hydrogens (tertiary/aromatic N) is 2. The predicted molar refractivity (Wildman–Crippen MR) is 79.8 cm³/mol. The van der Waals surface area contributed by atoms with Crippen molar-refractivity contribution in [3.63, 3.8) is 0 Å². The lowest BCUT2D eigenvalue weighted by Gasteiger charge is -2.28. The van der Waals surface area contributed by atoms with Gasteiger partial charge in [-0.2, -0.15) is 0 Å². The number of ether oxygens (including phenoxy) is 1. The Balaban J connectivity index is 2.57. The highest BCUT2D eigenvalue weighted by Gasteiger charge is 2.14. The van der Waals surface area contributed by atoms with E-state index >= 15 is 0 Å². The minimum Gasteiger partial charge on any atom is -0.497 e. The van der Waals surface area contributed by atoms with Crippen LogP contribution in [-0.4, -0.2) is 31.2 Å². The second-order valence-electron chi connectivity index (χ2n) is 4.80. The molecule has 1 aromatic carbocycles. The number of rotatable bonds is 5. The maximum atomic E-state index is 5.71. The number of methoxy groups -OCH3 is 1. The number of nitrogens with two attached hydrogens (primary N) is 1. The highest BCUT2D eigenvalue weighted by Crippen LogP contribution is 2.28. The topological polar surface area (TPSA) is 51.4 Å². The Morgan fingerprint density at radius 3 is 2.74 bits per heavy atom. The van der Waals surface area contributed by atoms with Crippen LogP contribution in [0.5, 0.6) is 5.75 Å². The summed E-state index contributed by atoms with van der Waals surface area (Å²) in [7, 11) is 1.68. The fraction of sp³-hybridized carbons (Fsp3) is 0.400. The summed E-state index contributed by atoms with van der Waals surface area (Å²) in [5, 5.41) is 2.26.